The molecule has 1 amide bonds. The molecule has 0 heterocycles. The van der Waals surface area contributed by atoms with Crippen LogP contribution in [-0.4, -0.2) is 22.4 Å². The van der Waals surface area contributed by atoms with Crippen molar-refractivity contribution in [3.8, 4) is 11.5 Å². The molecule has 3 aromatic rings. The number of para-hydroxylation sites is 2. The van der Waals surface area contributed by atoms with Crippen molar-refractivity contribution >= 4 is 41.8 Å². The average Bonchev–Trinajstić information content (AvgIpc) is 2.79. The number of amides is 1. The number of anilines is 1. The van der Waals surface area contributed by atoms with E-state index >= 15 is 0 Å². The first-order chi connectivity index (χ1) is 16.2. The van der Waals surface area contributed by atoms with Gasteiger partial charge in [-0.05, 0) is 75.0 Å². The van der Waals surface area contributed by atoms with Gasteiger partial charge < -0.3 is 19.5 Å². The number of hydrogen-bond donors (Lipinski definition) is 2. The fourth-order valence-electron chi connectivity index (χ4n) is 2.90. The van der Waals surface area contributed by atoms with Crippen LogP contribution in [0.15, 0.2) is 84.9 Å². The fraction of sp³-hybridized carbons (Fsp3) is 0.231. The van der Waals surface area contributed by atoms with Gasteiger partial charge in [0.05, 0.1) is 0 Å². The van der Waals surface area contributed by atoms with Gasteiger partial charge in [-0.3, -0.25) is 4.90 Å². The number of hydrogen-bond acceptors (Lipinski definition) is 6. The van der Waals surface area contributed by atoms with E-state index in [1.54, 1.807) is 4.90 Å². The molecule has 0 spiro atoms. The van der Waals surface area contributed by atoms with Crippen molar-refractivity contribution in [1.29, 1.82) is 0 Å². The number of ether oxygens (including phenoxy) is 3. The quantitative estimate of drug-likeness (QED) is 0.232. The molecule has 34 heavy (non-hydrogen) atoms. The van der Waals surface area contributed by atoms with E-state index in [4.69, 9.17) is 26.4 Å². The molecule has 0 saturated heterocycles. The third-order valence-electron chi connectivity index (χ3n) is 4.40. The lowest BCUT2D eigenvalue weighted by Gasteiger charge is -2.30. The van der Waals surface area contributed by atoms with Gasteiger partial charge in [0, 0.05) is 12.2 Å². The van der Waals surface area contributed by atoms with E-state index in [0.29, 0.717) is 18.0 Å². The summed E-state index contributed by atoms with van der Waals surface area (Å²) in [5.41, 5.74) is 0.315. The molecule has 0 aliphatic carbocycles. The summed E-state index contributed by atoms with van der Waals surface area (Å²) in [7, 11) is 0. The molecule has 178 valence electrons. The predicted molar refractivity (Wildman–Crippen MR) is 142 cm³/mol. The molecular weight excluding hydrogens is 468 g/mol. The number of carbonyl (C=O) groups is 1. The number of alkyl carbamates (subject to hydrolysis) is 1. The summed E-state index contributed by atoms with van der Waals surface area (Å²) >= 11 is 10.3. The summed E-state index contributed by atoms with van der Waals surface area (Å²) in [6, 6.07) is 26.1. The van der Waals surface area contributed by atoms with Crippen LogP contribution in [0.1, 0.15) is 26.3 Å². The number of rotatable bonds is 7. The summed E-state index contributed by atoms with van der Waals surface area (Å²) in [4.78, 5) is 13.6. The minimum atomic E-state index is -0.746. The highest BCUT2D eigenvalue weighted by molar-refractivity contribution is 7.82. The minimum absolute atomic E-state index is 0.182. The maximum atomic E-state index is 11.9. The summed E-state index contributed by atoms with van der Waals surface area (Å²) in [6.07, 6.45) is -0.470. The second kappa shape index (κ2) is 11.8. The highest BCUT2D eigenvalue weighted by Gasteiger charge is 2.24. The first-order valence-corrected chi connectivity index (χ1v) is 11.7. The van der Waals surface area contributed by atoms with Crippen molar-refractivity contribution in [2.75, 3.05) is 4.90 Å². The lowest BCUT2D eigenvalue weighted by Crippen LogP contribution is -2.42. The maximum Gasteiger partial charge on any atom is 0.407 e. The van der Waals surface area contributed by atoms with Crippen molar-refractivity contribution < 1.29 is 19.0 Å². The van der Waals surface area contributed by atoms with Crippen LogP contribution >= 0.6 is 24.8 Å². The minimum Gasteiger partial charge on any atom is -0.461 e. The molecule has 0 radical (unpaired) electrons. The molecule has 1 atom stereocenters. The van der Waals surface area contributed by atoms with E-state index in [9.17, 15) is 4.79 Å². The summed E-state index contributed by atoms with van der Waals surface area (Å²) in [5.74, 6) is 1.25. The van der Waals surface area contributed by atoms with Crippen LogP contribution in [0.3, 0.4) is 0 Å². The van der Waals surface area contributed by atoms with E-state index in [1.165, 1.54) is 0 Å². The Hall–Kier alpha value is -3.23. The monoisotopic (exact) mass is 496 g/mol. The molecule has 0 aliphatic heterocycles. The third-order valence-corrected chi connectivity index (χ3v) is 5.02. The molecule has 1 unspecified atom stereocenters. The summed E-state index contributed by atoms with van der Waals surface area (Å²) in [5, 5.41) is 2.93. The number of thiol groups is 1. The van der Waals surface area contributed by atoms with Crippen LogP contribution in [0.25, 0.3) is 0 Å². The fourth-order valence-corrected chi connectivity index (χ4v) is 3.63. The van der Waals surface area contributed by atoms with Crippen LogP contribution in [-0.2, 0) is 11.3 Å². The van der Waals surface area contributed by atoms with Gasteiger partial charge in [0.15, 0.2) is 0 Å². The molecule has 1 N–H and O–H groups in total. The van der Waals surface area contributed by atoms with Crippen LogP contribution in [0.5, 0.6) is 11.5 Å². The largest absolute Gasteiger partial charge is 0.461 e. The number of carbonyl (C=O) groups excluding carboxylic acids is 1. The first kappa shape index (κ1) is 25.4. The Morgan fingerprint density at radius 2 is 1.50 bits per heavy atom. The SMILES string of the molecule is CC(C)(C)OC(=O)NCc1ccc(N(C(=S)Oc2ccccc2)C(S)Oc2ccccc2)cc1. The van der Waals surface area contributed by atoms with Crippen LogP contribution in [0.2, 0.25) is 0 Å². The Bertz CT molecular complexity index is 1070. The van der Waals surface area contributed by atoms with E-state index in [2.05, 4.69) is 17.9 Å². The van der Waals surface area contributed by atoms with Crippen molar-refractivity contribution in [3.63, 3.8) is 0 Å². The molecular formula is C26H28N2O4S2. The van der Waals surface area contributed by atoms with Crippen molar-refractivity contribution in [3.05, 3.63) is 90.5 Å². The normalized spacial score (nSPS) is 11.8. The smallest absolute Gasteiger partial charge is 0.407 e. The highest BCUT2D eigenvalue weighted by Crippen LogP contribution is 2.25. The zero-order chi connectivity index (χ0) is 24.6. The Kier molecular flexibility index (Phi) is 8.79. The molecule has 3 rings (SSSR count). The van der Waals surface area contributed by atoms with Crippen molar-refractivity contribution in [2.45, 2.75) is 38.5 Å². The molecule has 3 aromatic carbocycles. The van der Waals surface area contributed by atoms with Gasteiger partial charge >= 0.3 is 6.09 Å². The number of benzene rings is 3. The van der Waals surface area contributed by atoms with E-state index < -0.39 is 17.3 Å². The van der Waals surface area contributed by atoms with Gasteiger partial charge in [-0.2, -0.15) is 0 Å². The Labute approximate surface area is 211 Å². The number of nitrogens with zero attached hydrogens (tertiary/aromatic N) is 1. The molecule has 0 aliphatic rings. The first-order valence-electron chi connectivity index (χ1n) is 10.7. The molecule has 0 bridgehead atoms. The second-order valence-electron chi connectivity index (χ2n) is 8.33. The topological polar surface area (TPSA) is 60.0 Å². The van der Waals surface area contributed by atoms with Crippen molar-refractivity contribution in [1.82, 2.24) is 5.32 Å². The molecule has 0 fully saturated rings. The van der Waals surface area contributed by atoms with Gasteiger partial charge in [-0.15, -0.1) is 12.6 Å². The maximum absolute atomic E-state index is 11.9. The van der Waals surface area contributed by atoms with Crippen LogP contribution in [0.4, 0.5) is 10.5 Å². The Morgan fingerprint density at radius 3 is 2.06 bits per heavy atom. The van der Waals surface area contributed by atoms with Crippen LogP contribution in [0, 0.1) is 0 Å². The van der Waals surface area contributed by atoms with Crippen LogP contribution < -0.4 is 19.7 Å². The lowest BCUT2D eigenvalue weighted by molar-refractivity contribution is 0.0523. The van der Waals surface area contributed by atoms with E-state index in [-0.39, 0.29) is 5.17 Å². The number of nitrogens with one attached hydrogen (secondary N) is 1. The predicted octanol–water partition coefficient (Wildman–Crippen LogP) is 6.17. The zero-order valence-corrected chi connectivity index (χ0v) is 21.0. The Balaban J connectivity index is 1.75. The van der Waals surface area contributed by atoms with Crippen molar-refractivity contribution in [2.24, 2.45) is 0 Å². The molecule has 8 heteroatoms. The second-order valence-corrected chi connectivity index (χ2v) is 9.12. The van der Waals surface area contributed by atoms with Gasteiger partial charge in [0.25, 0.3) is 5.17 Å². The lowest BCUT2D eigenvalue weighted by atomic mass is 10.2. The van der Waals surface area contributed by atoms with Gasteiger partial charge in [0.2, 0.25) is 5.56 Å². The zero-order valence-electron chi connectivity index (χ0n) is 19.3. The summed E-state index contributed by atoms with van der Waals surface area (Å²) < 4.78 is 17.2. The van der Waals surface area contributed by atoms with Gasteiger partial charge in [-0.25, -0.2) is 4.79 Å². The Morgan fingerprint density at radius 1 is 0.941 bits per heavy atom. The molecule has 0 aromatic heterocycles. The molecule has 6 nitrogen and oxygen atoms in total. The summed E-state index contributed by atoms with van der Waals surface area (Å²) in [6.45, 7) is 5.79. The number of thiocarbonyl (C=S) groups is 1. The molecule has 0 saturated carbocycles. The third kappa shape index (κ3) is 7.97. The van der Waals surface area contributed by atoms with Gasteiger partial charge in [-0.1, -0.05) is 48.5 Å². The van der Waals surface area contributed by atoms with Gasteiger partial charge in [0.1, 0.15) is 17.1 Å². The highest BCUT2D eigenvalue weighted by atomic mass is 32.1. The standard InChI is InChI=1S/C26H28N2O4S2/c1-26(2,3)32-23(29)27-18-19-14-16-20(17-15-19)28(24(33)30-21-10-6-4-7-11-21)25(34)31-22-12-8-5-9-13-22/h4-17,24,33H,18H2,1-3H3,(H,27,29). The van der Waals surface area contributed by atoms with E-state index in [1.807, 2.05) is 106 Å². The van der Waals surface area contributed by atoms with E-state index in [0.717, 1.165) is 11.3 Å². The average molecular weight is 497 g/mol.